The molecule has 33 heavy (non-hydrogen) atoms. The first kappa shape index (κ1) is 21.9. The first-order valence-corrected chi connectivity index (χ1v) is 12.4. The number of carbonyl (C=O) groups is 1. The highest BCUT2D eigenvalue weighted by Crippen LogP contribution is 2.39. The van der Waals surface area contributed by atoms with Crippen molar-refractivity contribution in [3.8, 4) is 0 Å². The van der Waals surface area contributed by atoms with Crippen LogP contribution < -0.4 is 0 Å². The number of nitrogens with zero attached hydrogens (tertiary/aromatic N) is 1. The van der Waals surface area contributed by atoms with Crippen LogP contribution in [0.15, 0.2) is 72.8 Å². The molecule has 0 N–H and O–H groups in total. The summed E-state index contributed by atoms with van der Waals surface area (Å²) in [7, 11) is 0. The van der Waals surface area contributed by atoms with E-state index in [2.05, 4.69) is 77.7 Å². The van der Waals surface area contributed by atoms with E-state index < -0.39 is 0 Å². The molecule has 0 radical (unpaired) electrons. The van der Waals surface area contributed by atoms with Gasteiger partial charge in [-0.1, -0.05) is 72.8 Å². The lowest BCUT2D eigenvalue weighted by atomic mass is 9.82. The van der Waals surface area contributed by atoms with Crippen LogP contribution in [0.2, 0.25) is 0 Å². The van der Waals surface area contributed by atoms with E-state index in [0.29, 0.717) is 6.61 Å². The second kappa shape index (κ2) is 9.93. The van der Waals surface area contributed by atoms with Crippen molar-refractivity contribution in [3.05, 3.63) is 106 Å². The number of hydrogen-bond donors (Lipinski definition) is 0. The van der Waals surface area contributed by atoms with E-state index >= 15 is 0 Å². The van der Waals surface area contributed by atoms with Crippen LogP contribution in [-0.4, -0.2) is 30.6 Å². The van der Waals surface area contributed by atoms with E-state index in [-0.39, 0.29) is 17.8 Å². The molecule has 0 aromatic heterocycles. The highest BCUT2D eigenvalue weighted by Gasteiger charge is 2.27. The molecule has 0 spiro atoms. The van der Waals surface area contributed by atoms with Gasteiger partial charge in [-0.15, -0.1) is 0 Å². The average Bonchev–Trinajstić information content (AvgIpc) is 3.02. The molecule has 2 aliphatic rings. The monoisotopic (exact) mass is 439 g/mol. The molecule has 1 fully saturated rings. The summed E-state index contributed by atoms with van der Waals surface area (Å²) in [6.07, 6.45) is 4.18. The van der Waals surface area contributed by atoms with Crippen molar-refractivity contribution in [1.82, 2.24) is 4.90 Å². The van der Waals surface area contributed by atoms with Gasteiger partial charge in [0.25, 0.3) is 0 Å². The van der Waals surface area contributed by atoms with Crippen molar-refractivity contribution in [1.29, 1.82) is 0 Å². The minimum Gasteiger partial charge on any atom is -0.466 e. The van der Waals surface area contributed by atoms with Gasteiger partial charge in [-0.2, -0.15) is 0 Å². The molecule has 0 amide bonds. The molecule has 1 aliphatic carbocycles. The second-order valence-corrected chi connectivity index (χ2v) is 9.40. The van der Waals surface area contributed by atoms with Crippen molar-refractivity contribution in [2.45, 2.75) is 45.1 Å². The molecule has 1 saturated heterocycles. The van der Waals surface area contributed by atoms with Gasteiger partial charge in [0.2, 0.25) is 0 Å². The summed E-state index contributed by atoms with van der Waals surface area (Å²) in [5.74, 6) is 0.248. The number of likely N-dealkylation sites (tertiary alicyclic amines) is 1. The number of fused-ring (bicyclic) bond motifs is 2. The molecule has 1 aliphatic heterocycles. The predicted octanol–water partition coefficient (Wildman–Crippen LogP) is 5.74. The van der Waals surface area contributed by atoms with Crippen molar-refractivity contribution >= 4 is 5.97 Å². The minimum absolute atomic E-state index is 0.0111. The van der Waals surface area contributed by atoms with Crippen LogP contribution >= 0.6 is 0 Å². The Morgan fingerprint density at radius 3 is 2.18 bits per heavy atom. The Kier molecular flexibility index (Phi) is 6.59. The summed E-state index contributed by atoms with van der Waals surface area (Å²) in [6, 6.07) is 27.0. The predicted molar refractivity (Wildman–Crippen MR) is 132 cm³/mol. The number of hydrogen-bond acceptors (Lipinski definition) is 3. The summed E-state index contributed by atoms with van der Waals surface area (Å²) in [6.45, 7) is 5.06. The molecule has 3 heteroatoms. The molecule has 3 nitrogen and oxygen atoms in total. The van der Waals surface area contributed by atoms with Crippen LogP contribution in [-0.2, 0) is 28.9 Å². The third-order valence-electron chi connectivity index (χ3n) is 7.24. The lowest BCUT2D eigenvalue weighted by Crippen LogP contribution is -2.38. The van der Waals surface area contributed by atoms with Crippen LogP contribution in [0.3, 0.4) is 0 Å². The second-order valence-electron chi connectivity index (χ2n) is 9.40. The lowest BCUT2D eigenvalue weighted by Gasteiger charge is -2.31. The fourth-order valence-corrected chi connectivity index (χ4v) is 5.61. The van der Waals surface area contributed by atoms with Crippen LogP contribution in [0, 0.1) is 5.92 Å². The zero-order valence-corrected chi connectivity index (χ0v) is 19.5. The summed E-state index contributed by atoms with van der Waals surface area (Å²) < 4.78 is 5.26. The van der Waals surface area contributed by atoms with Gasteiger partial charge in [0, 0.05) is 19.0 Å². The van der Waals surface area contributed by atoms with E-state index in [1.165, 1.54) is 33.4 Å². The standard InChI is InChI=1S/C30H33NO2/c1-2-33-30(32)26-10-7-19-31(21-26)20-22-13-15-25(16-14-22)29-27-11-5-3-8-23(27)17-18-24-9-4-6-12-28(24)29/h3-6,8-9,11-16,26,29H,2,7,10,17-21H2,1H3/t26-/m1/s1. The lowest BCUT2D eigenvalue weighted by molar-refractivity contribution is -0.150. The summed E-state index contributed by atoms with van der Waals surface area (Å²) in [5, 5.41) is 0. The van der Waals surface area contributed by atoms with Gasteiger partial charge in [0.15, 0.2) is 0 Å². The summed E-state index contributed by atoms with van der Waals surface area (Å²) in [5.41, 5.74) is 8.44. The Morgan fingerprint density at radius 1 is 0.909 bits per heavy atom. The minimum atomic E-state index is -0.0387. The number of piperidine rings is 1. The zero-order valence-electron chi connectivity index (χ0n) is 19.5. The van der Waals surface area contributed by atoms with E-state index in [4.69, 9.17) is 4.74 Å². The third kappa shape index (κ3) is 4.74. The fraction of sp³-hybridized carbons (Fsp3) is 0.367. The first-order valence-electron chi connectivity index (χ1n) is 12.4. The first-order chi connectivity index (χ1) is 16.2. The van der Waals surface area contributed by atoms with Gasteiger partial charge >= 0.3 is 5.97 Å². The van der Waals surface area contributed by atoms with Gasteiger partial charge in [0.1, 0.15) is 0 Å². The Labute approximate surface area is 197 Å². The molecular weight excluding hydrogens is 406 g/mol. The van der Waals surface area contributed by atoms with E-state index in [1.807, 2.05) is 6.92 Å². The van der Waals surface area contributed by atoms with Crippen molar-refractivity contribution in [2.24, 2.45) is 5.92 Å². The van der Waals surface area contributed by atoms with Crippen LogP contribution in [0.4, 0.5) is 0 Å². The molecule has 3 aromatic carbocycles. The van der Waals surface area contributed by atoms with E-state index in [1.54, 1.807) is 0 Å². The SMILES string of the molecule is CCOC(=O)[C@@H]1CCCN(Cc2ccc(C3c4ccccc4CCc4ccccc43)cc2)C1. The van der Waals surface area contributed by atoms with Crippen LogP contribution in [0.1, 0.15) is 59.1 Å². The Bertz CT molecular complexity index is 1060. The maximum Gasteiger partial charge on any atom is 0.310 e. The topological polar surface area (TPSA) is 29.5 Å². The van der Waals surface area contributed by atoms with Crippen LogP contribution in [0.25, 0.3) is 0 Å². The number of benzene rings is 3. The average molecular weight is 440 g/mol. The molecule has 0 unspecified atom stereocenters. The molecule has 3 aromatic rings. The molecule has 170 valence electrons. The van der Waals surface area contributed by atoms with Crippen molar-refractivity contribution < 1.29 is 9.53 Å². The molecule has 1 heterocycles. The summed E-state index contributed by atoms with van der Waals surface area (Å²) in [4.78, 5) is 14.6. The smallest absolute Gasteiger partial charge is 0.310 e. The number of esters is 1. The highest BCUT2D eigenvalue weighted by molar-refractivity contribution is 5.72. The van der Waals surface area contributed by atoms with Gasteiger partial charge < -0.3 is 4.74 Å². The molecule has 0 saturated carbocycles. The van der Waals surface area contributed by atoms with E-state index in [9.17, 15) is 4.79 Å². The Balaban J connectivity index is 1.37. The molecular formula is C30H33NO2. The normalized spacial score (nSPS) is 18.8. The largest absolute Gasteiger partial charge is 0.466 e. The van der Waals surface area contributed by atoms with Gasteiger partial charge in [-0.05, 0) is 72.5 Å². The number of ether oxygens (including phenoxy) is 1. The van der Waals surface area contributed by atoms with Gasteiger partial charge in [-0.25, -0.2) is 0 Å². The number of aryl methyl sites for hydroxylation is 2. The fourth-order valence-electron chi connectivity index (χ4n) is 5.61. The van der Waals surface area contributed by atoms with Gasteiger partial charge in [-0.3, -0.25) is 9.69 Å². The van der Waals surface area contributed by atoms with Gasteiger partial charge in [0.05, 0.1) is 12.5 Å². The molecule has 1 atom stereocenters. The summed E-state index contributed by atoms with van der Waals surface area (Å²) >= 11 is 0. The molecule has 0 bridgehead atoms. The maximum atomic E-state index is 12.2. The quantitative estimate of drug-likeness (QED) is 0.475. The van der Waals surface area contributed by atoms with Crippen molar-refractivity contribution in [3.63, 3.8) is 0 Å². The third-order valence-corrected chi connectivity index (χ3v) is 7.24. The highest BCUT2D eigenvalue weighted by atomic mass is 16.5. The maximum absolute atomic E-state index is 12.2. The molecule has 5 rings (SSSR count). The number of rotatable bonds is 5. The Morgan fingerprint density at radius 2 is 1.55 bits per heavy atom. The van der Waals surface area contributed by atoms with E-state index in [0.717, 1.165) is 45.3 Å². The van der Waals surface area contributed by atoms with Crippen LogP contribution in [0.5, 0.6) is 0 Å². The Hall–Kier alpha value is -2.91. The zero-order chi connectivity index (χ0) is 22.6. The number of carbonyl (C=O) groups excluding carboxylic acids is 1. The van der Waals surface area contributed by atoms with Crippen molar-refractivity contribution in [2.75, 3.05) is 19.7 Å².